The van der Waals surface area contributed by atoms with Crippen molar-refractivity contribution < 1.29 is 19.4 Å². The van der Waals surface area contributed by atoms with Gasteiger partial charge in [0.15, 0.2) is 6.61 Å². The first-order valence-corrected chi connectivity index (χ1v) is 9.25. The lowest BCUT2D eigenvalue weighted by Gasteiger charge is -2.15. The van der Waals surface area contributed by atoms with E-state index in [-0.39, 0.29) is 18.6 Å². The van der Waals surface area contributed by atoms with Crippen LogP contribution < -0.4 is 10.1 Å². The van der Waals surface area contributed by atoms with Gasteiger partial charge in [-0.25, -0.2) is 4.79 Å². The van der Waals surface area contributed by atoms with Gasteiger partial charge < -0.3 is 15.2 Å². The molecule has 1 amide bonds. The Labute approximate surface area is 157 Å². The number of rotatable bonds is 8. The number of ether oxygens (including phenoxy) is 1. The maximum absolute atomic E-state index is 12.4. The van der Waals surface area contributed by atoms with Crippen LogP contribution in [0.2, 0.25) is 0 Å². The number of nitrogens with one attached hydrogen (secondary N) is 1. The minimum atomic E-state index is -1.02. The van der Waals surface area contributed by atoms with Crippen LogP contribution in [0.15, 0.2) is 53.4 Å². The zero-order valence-corrected chi connectivity index (χ0v) is 15.9. The first-order valence-electron chi connectivity index (χ1n) is 8.37. The first-order chi connectivity index (χ1) is 12.3. The fourth-order valence-corrected chi connectivity index (χ4v) is 3.16. The number of benzene rings is 2. The predicted molar refractivity (Wildman–Crippen MR) is 103 cm³/mol. The Morgan fingerprint density at radius 2 is 1.65 bits per heavy atom. The average molecular weight is 373 g/mol. The van der Waals surface area contributed by atoms with E-state index in [1.165, 1.54) is 0 Å². The van der Waals surface area contributed by atoms with E-state index in [4.69, 9.17) is 9.84 Å². The molecule has 2 rings (SSSR count). The zero-order chi connectivity index (χ0) is 19.1. The average Bonchev–Trinajstić information content (AvgIpc) is 2.60. The van der Waals surface area contributed by atoms with Crippen molar-refractivity contribution in [1.82, 2.24) is 5.32 Å². The summed E-state index contributed by atoms with van der Waals surface area (Å²) < 4.78 is 5.10. The van der Waals surface area contributed by atoms with E-state index in [0.29, 0.717) is 16.6 Å². The molecule has 0 aliphatic rings. The van der Waals surface area contributed by atoms with Crippen molar-refractivity contribution in [3.05, 3.63) is 59.7 Å². The van der Waals surface area contributed by atoms with Crippen molar-refractivity contribution in [2.24, 2.45) is 0 Å². The number of carboxylic acid groups (broad SMARTS) is 1. The Bertz CT molecular complexity index is 741. The van der Waals surface area contributed by atoms with Crippen LogP contribution in [0.25, 0.3) is 0 Å². The molecule has 138 valence electrons. The number of carboxylic acids is 1. The Morgan fingerprint density at radius 1 is 1.04 bits per heavy atom. The molecule has 0 fully saturated rings. The molecule has 0 aromatic heterocycles. The van der Waals surface area contributed by atoms with Crippen molar-refractivity contribution >= 4 is 23.6 Å². The lowest BCUT2D eigenvalue weighted by atomic mass is 10.1. The third-order valence-corrected chi connectivity index (χ3v) is 4.59. The van der Waals surface area contributed by atoms with Crippen molar-refractivity contribution in [1.29, 1.82) is 0 Å². The van der Waals surface area contributed by atoms with Crippen LogP contribution in [0.4, 0.5) is 0 Å². The number of carbonyl (C=O) groups is 2. The molecular weight excluding hydrogens is 350 g/mol. The maximum Gasteiger partial charge on any atom is 0.341 e. The van der Waals surface area contributed by atoms with E-state index in [0.717, 1.165) is 10.5 Å². The van der Waals surface area contributed by atoms with E-state index < -0.39 is 5.97 Å². The fourth-order valence-electron chi connectivity index (χ4n) is 2.32. The molecule has 26 heavy (non-hydrogen) atoms. The molecular formula is C20H23NO4S. The van der Waals surface area contributed by atoms with Gasteiger partial charge in [-0.2, -0.15) is 0 Å². The van der Waals surface area contributed by atoms with Crippen LogP contribution in [0, 0.1) is 0 Å². The molecule has 0 saturated heterocycles. The topological polar surface area (TPSA) is 75.6 Å². The van der Waals surface area contributed by atoms with Crippen LogP contribution in [0.3, 0.4) is 0 Å². The molecule has 2 N–H and O–H groups in total. The highest BCUT2D eigenvalue weighted by molar-refractivity contribution is 7.99. The summed E-state index contributed by atoms with van der Waals surface area (Å²) in [4.78, 5) is 24.0. The summed E-state index contributed by atoms with van der Waals surface area (Å²) in [6, 6.07) is 14.4. The second-order valence-electron chi connectivity index (χ2n) is 6.14. The number of carbonyl (C=O) groups excluding carboxylic acids is 1. The monoisotopic (exact) mass is 373 g/mol. The third kappa shape index (κ3) is 6.11. The van der Waals surface area contributed by atoms with Crippen LogP contribution >= 0.6 is 11.8 Å². The van der Waals surface area contributed by atoms with Crippen molar-refractivity contribution in [3.63, 3.8) is 0 Å². The molecule has 0 radical (unpaired) electrons. The second kappa shape index (κ2) is 9.29. The summed E-state index contributed by atoms with van der Waals surface area (Å²) >= 11 is 1.76. The quantitative estimate of drug-likeness (QED) is 0.680. The molecule has 1 unspecified atom stereocenters. The predicted octanol–water partition coefficient (Wildman–Crippen LogP) is 4.14. The highest BCUT2D eigenvalue weighted by Gasteiger charge is 2.12. The molecule has 2 aromatic rings. The van der Waals surface area contributed by atoms with Gasteiger partial charge in [0.2, 0.25) is 0 Å². The van der Waals surface area contributed by atoms with Crippen molar-refractivity contribution in [2.45, 2.75) is 37.0 Å². The SMILES string of the molecule is CC(C)Sc1ccc(C(=O)NC(C)c2ccc(OCC(=O)O)cc2)cc1. The lowest BCUT2D eigenvalue weighted by molar-refractivity contribution is -0.139. The fraction of sp³-hybridized carbons (Fsp3) is 0.300. The Balaban J connectivity index is 1.94. The Kier molecular flexibility index (Phi) is 7.09. The van der Waals surface area contributed by atoms with Gasteiger partial charge in [0.1, 0.15) is 5.75 Å². The summed E-state index contributed by atoms with van der Waals surface area (Å²) in [5.74, 6) is -0.676. The lowest BCUT2D eigenvalue weighted by Crippen LogP contribution is -2.26. The molecule has 0 saturated carbocycles. The Morgan fingerprint density at radius 3 is 2.19 bits per heavy atom. The summed E-state index contributed by atoms with van der Waals surface area (Å²) in [7, 11) is 0. The van der Waals surface area contributed by atoms with Crippen LogP contribution in [-0.2, 0) is 4.79 Å². The van der Waals surface area contributed by atoms with Gasteiger partial charge in [-0.1, -0.05) is 26.0 Å². The minimum absolute atomic E-state index is 0.134. The largest absolute Gasteiger partial charge is 0.482 e. The molecule has 5 nitrogen and oxygen atoms in total. The van der Waals surface area contributed by atoms with E-state index in [1.807, 2.05) is 43.3 Å². The van der Waals surface area contributed by atoms with E-state index in [1.54, 1.807) is 23.9 Å². The normalized spacial score (nSPS) is 11.8. The molecule has 0 spiro atoms. The number of thioether (sulfide) groups is 1. The van der Waals surface area contributed by atoms with Crippen LogP contribution in [0.1, 0.15) is 42.7 Å². The second-order valence-corrected chi connectivity index (χ2v) is 7.79. The van der Waals surface area contributed by atoms with E-state index >= 15 is 0 Å². The standard InChI is InChI=1S/C20H23NO4S/c1-13(2)26-18-10-6-16(7-11-18)20(24)21-14(3)15-4-8-17(9-5-15)25-12-19(22)23/h4-11,13-14H,12H2,1-3H3,(H,21,24)(H,22,23). The van der Waals surface area contributed by atoms with E-state index in [9.17, 15) is 9.59 Å². The maximum atomic E-state index is 12.4. The van der Waals surface area contributed by atoms with Gasteiger partial charge in [-0.3, -0.25) is 4.79 Å². The number of hydrogen-bond donors (Lipinski definition) is 2. The van der Waals surface area contributed by atoms with Gasteiger partial charge >= 0.3 is 5.97 Å². The zero-order valence-electron chi connectivity index (χ0n) is 15.1. The molecule has 0 heterocycles. The molecule has 0 bridgehead atoms. The number of amides is 1. The smallest absolute Gasteiger partial charge is 0.341 e. The van der Waals surface area contributed by atoms with Gasteiger partial charge in [0, 0.05) is 15.7 Å². The molecule has 1 atom stereocenters. The highest BCUT2D eigenvalue weighted by atomic mass is 32.2. The van der Waals surface area contributed by atoms with Gasteiger partial charge in [-0.05, 0) is 48.9 Å². The molecule has 6 heteroatoms. The minimum Gasteiger partial charge on any atom is -0.482 e. The Hall–Kier alpha value is -2.47. The van der Waals surface area contributed by atoms with Gasteiger partial charge in [0.05, 0.1) is 6.04 Å². The summed E-state index contributed by atoms with van der Waals surface area (Å²) in [5.41, 5.74) is 1.53. The number of aliphatic carboxylic acids is 1. The van der Waals surface area contributed by atoms with Gasteiger partial charge in [-0.15, -0.1) is 11.8 Å². The molecule has 2 aromatic carbocycles. The first kappa shape index (κ1) is 19.8. The third-order valence-electron chi connectivity index (χ3n) is 3.58. The van der Waals surface area contributed by atoms with Gasteiger partial charge in [0.25, 0.3) is 5.91 Å². The summed E-state index contributed by atoms with van der Waals surface area (Å²) in [6.07, 6.45) is 0. The summed E-state index contributed by atoms with van der Waals surface area (Å²) in [5, 5.41) is 12.1. The van der Waals surface area contributed by atoms with E-state index in [2.05, 4.69) is 19.2 Å². The van der Waals surface area contributed by atoms with Crippen molar-refractivity contribution in [3.8, 4) is 5.75 Å². The molecule has 0 aliphatic carbocycles. The van der Waals surface area contributed by atoms with Crippen LogP contribution in [0.5, 0.6) is 5.75 Å². The molecule has 0 aliphatic heterocycles. The highest BCUT2D eigenvalue weighted by Crippen LogP contribution is 2.23. The van der Waals surface area contributed by atoms with Crippen LogP contribution in [-0.4, -0.2) is 28.8 Å². The number of hydrogen-bond acceptors (Lipinski definition) is 4. The summed E-state index contributed by atoms with van der Waals surface area (Å²) in [6.45, 7) is 5.78. The van der Waals surface area contributed by atoms with Crippen molar-refractivity contribution in [2.75, 3.05) is 6.61 Å².